The van der Waals surface area contributed by atoms with Gasteiger partial charge in [-0.1, -0.05) is 18.2 Å². The van der Waals surface area contributed by atoms with Crippen molar-refractivity contribution in [1.29, 1.82) is 0 Å². The Morgan fingerprint density at radius 3 is 2.19 bits per heavy atom. The van der Waals surface area contributed by atoms with E-state index in [0.29, 0.717) is 42.9 Å². The van der Waals surface area contributed by atoms with Gasteiger partial charge in [0.2, 0.25) is 0 Å². The number of hydrogen-bond acceptors (Lipinski definition) is 5. The van der Waals surface area contributed by atoms with E-state index in [1.165, 1.54) is 11.8 Å². The fourth-order valence-electron chi connectivity index (χ4n) is 4.03. The number of benzene rings is 2. The van der Waals surface area contributed by atoms with Crippen LogP contribution in [0.1, 0.15) is 30.1 Å². The molecule has 2 aliphatic heterocycles. The van der Waals surface area contributed by atoms with Gasteiger partial charge in [0.15, 0.2) is 0 Å². The summed E-state index contributed by atoms with van der Waals surface area (Å²) in [6.07, 6.45) is 1.22. The van der Waals surface area contributed by atoms with Crippen LogP contribution < -0.4 is 9.64 Å². The van der Waals surface area contributed by atoms with E-state index in [1.54, 1.807) is 58.3 Å². The predicted molar refractivity (Wildman–Crippen MR) is 113 cm³/mol. The first-order valence-electron chi connectivity index (χ1n) is 10.2. The van der Waals surface area contributed by atoms with Crippen LogP contribution in [0.5, 0.6) is 5.75 Å². The summed E-state index contributed by atoms with van der Waals surface area (Å²) in [4.78, 5) is 53.7. The van der Waals surface area contributed by atoms with Gasteiger partial charge in [-0.15, -0.1) is 0 Å². The number of esters is 1. The highest BCUT2D eigenvalue weighted by atomic mass is 16.5. The van der Waals surface area contributed by atoms with Crippen LogP contribution in [0.2, 0.25) is 0 Å². The van der Waals surface area contributed by atoms with Gasteiger partial charge in [-0.3, -0.25) is 14.4 Å². The van der Waals surface area contributed by atoms with Crippen LogP contribution in [0.15, 0.2) is 54.6 Å². The highest BCUT2D eigenvalue weighted by Crippen LogP contribution is 2.27. The summed E-state index contributed by atoms with van der Waals surface area (Å²) in [5, 5.41) is 0. The molecule has 160 valence electrons. The van der Waals surface area contributed by atoms with E-state index in [2.05, 4.69) is 0 Å². The molecule has 2 heterocycles. The smallest absolute Gasteiger partial charge is 0.332 e. The van der Waals surface area contributed by atoms with Gasteiger partial charge in [0.1, 0.15) is 12.3 Å². The van der Waals surface area contributed by atoms with Crippen LogP contribution in [-0.2, 0) is 9.59 Å². The zero-order valence-corrected chi connectivity index (χ0v) is 17.2. The second-order valence-electron chi connectivity index (χ2n) is 7.62. The van der Waals surface area contributed by atoms with E-state index in [9.17, 15) is 19.2 Å². The number of carbonyl (C=O) groups is 4. The topological polar surface area (TPSA) is 87.2 Å². The molecule has 2 saturated heterocycles. The summed E-state index contributed by atoms with van der Waals surface area (Å²) in [5.41, 5.74) is 1.09. The Labute approximate surface area is 180 Å². The highest BCUT2D eigenvalue weighted by Gasteiger charge is 2.41. The van der Waals surface area contributed by atoms with Crippen molar-refractivity contribution >= 4 is 29.5 Å². The molecule has 0 radical (unpaired) electrons. The lowest BCUT2D eigenvalue weighted by atomic mass is 10.0. The van der Waals surface area contributed by atoms with E-state index in [1.807, 2.05) is 6.07 Å². The second kappa shape index (κ2) is 8.59. The Morgan fingerprint density at radius 2 is 1.58 bits per heavy atom. The number of likely N-dealkylation sites (tertiary alicyclic amines) is 1. The van der Waals surface area contributed by atoms with E-state index in [0.717, 1.165) is 0 Å². The molecular formula is C23H23N3O5. The number of piperidine rings is 1. The molecule has 0 aliphatic carbocycles. The normalized spacial score (nSPS) is 17.3. The molecule has 2 aromatic carbocycles. The first kappa shape index (κ1) is 20.6. The van der Waals surface area contributed by atoms with Gasteiger partial charge in [-0.05, 0) is 49.2 Å². The minimum atomic E-state index is -0.415. The van der Waals surface area contributed by atoms with Crippen LogP contribution >= 0.6 is 0 Å². The van der Waals surface area contributed by atoms with Crippen molar-refractivity contribution in [3.05, 3.63) is 60.2 Å². The Kier molecular flexibility index (Phi) is 5.70. The second-order valence-corrected chi connectivity index (χ2v) is 7.62. The van der Waals surface area contributed by atoms with Crippen molar-refractivity contribution in [1.82, 2.24) is 9.80 Å². The lowest BCUT2D eigenvalue weighted by Crippen LogP contribution is -2.48. The number of nitrogens with zero attached hydrogens (tertiary/aromatic N) is 3. The highest BCUT2D eigenvalue weighted by molar-refractivity contribution is 6.19. The lowest BCUT2D eigenvalue weighted by molar-refractivity contribution is -0.131. The van der Waals surface area contributed by atoms with Gasteiger partial charge in [0.25, 0.3) is 11.8 Å². The predicted octanol–water partition coefficient (Wildman–Crippen LogP) is 2.69. The quantitative estimate of drug-likeness (QED) is 0.430. The maximum atomic E-state index is 12.9. The van der Waals surface area contributed by atoms with Gasteiger partial charge in [0, 0.05) is 31.6 Å². The van der Waals surface area contributed by atoms with E-state index >= 15 is 0 Å². The van der Waals surface area contributed by atoms with Crippen LogP contribution in [0.4, 0.5) is 10.5 Å². The Bertz CT molecular complexity index is 998. The lowest BCUT2D eigenvalue weighted by Gasteiger charge is -2.36. The number of hydrogen-bond donors (Lipinski definition) is 0. The van der Waals surface area contributed by atoms with E-state index in [4.69, 9.17) is 4.74 Å². The summed E-state index contributed by atoms with van der Waals surface area (Å²) in [5.74, 6) is -0.366. The number of carbonyl (C=O) groups excluding carboxylic acids is 4. The average Bonchev–Trinajstić information content (AvgIpc) is 3.08. The van der Waals surface area contributed by atoms with Gasteiger partial charge >= 0.3 is 12.0 Å². The average molecular weight is 421 g/mol. The van der Waals surface area contributed by atoms with Crippen LogP contribution in [0.25, 0.3) is 0 Å². The molecule has 4 amide bonds. The molecule has 0 bridgehead atoms. The molecule has 2 aromatic rings. The number of amides is 4. The van der Waals surface area contributed by atoms with Crippen molar-refractivity contribution in [2.45, 2.75) is 25.8 Å². The zero-order valence-electron chi connectivity index (χ0n) is 17.2. The first-order valence-corrected chi connectivity index (χ1v) is 10.2. The molecule has 0 aromatic heterocycles. The first-order chi connectivity index (χ1) is 14.9. The summed E-state index contributed by atoms with van der Waals surface area (Å²) in [7, 11) is 0. The molecule has 2 fully saturated rings. The fraction of sp³-hybridized carbons (Fsp3) is 0.304. The third kappa shape index (κ3) is 4.28. The standard InChI is InChI=1S/C23H23N3O5/c1-16(27)31-20-9-7-17(8-10-20)22(29)24-13-11-18(12-14-24)25-15-21(28)26(23(25)30)19-5-3-2-4-6-19/h2-10,18H,11-15H2,1H3. The molecule has 8 heteroatoms. The summed E-state index contributed by atoms with van der Waals surface area (Å²) >= 11 is 0. The molecule has 8 nitrogen and oxygen atoms in total. The van der Waals surface area contributed by atoms with E-state index in [-0.39, 0.29) is 30.4 Å². The molecule has 31 heavy (non-hydrogen) atoms. The maximum absolute atomic E-state index is 12.9. The number of para-hydroxylation sites is 1. The summed E-state index contributed by atoms with van der Waals surface area (Å²) in [6, 6.07) is 15.0. The summed E-state index contributed by atoms with van der Waals surface area (Å²) < 4.78 is 4.99. The zero-order chi connectivity index (χ0) is 22.0. The molecule has 0 atom stereocenters. The van der Waals surface area contributed by atoms with Crippen molar-refractivity contribution in [3.8, 4) is 5.75 Å². The Morgan fingerprint density at radius 1 is 0.935 bits per heavy atom. The molecule has 0 spiro atoms. The number of imide groups is 1. The molecule has 0 unspecified atom stereocenters. The molecular weight excluding hydrogens is 398 g/mol. The van der Waals surface area contributed by atoms with Crippen LogP contribution in [0.3, 0.4) is 0 Å². The van der Waals surface area contributed by atoms with Gasteiger partial charge < -0.3 is 14.5 Å². The maximum Gasteiger partial charge on any atom is 0.332 e. The fourth-order valence-corrected chi connectivity index (χ4v) is 4.03. The van der Waals surface area contributed by atoms with Gasteiger partial charge in [-0.2, -0.15) is 0 Å². The van der Waals surface area contributed by atoms with Crippen molar-refractivity contribution in [3.63, 3.8) is 0 Å². The Balaban J connectivity index is 1.36. The van der Waals surface area contributed by atoms with Gasteiger partial charge in [-0.25, -0.2) is 9.69 Å². The van der Waals surface area contributed by atoms with Crippen molar-refractivity contribution < 1.29 is 23.9 Å². The van der Waals surface area contributed by atoms with E-state index < -0.39 is 5.97 Å². The Hall–Kier alpha value is -3.68. The molecule has 4 rings (SSSR count). The van der Waals surface area contributed by atoms with Gasteiger partial charge in [0.05, 0.1) is 5.69 Å². The number of urea groups is 1. The monoisotopic (exact) mass is 421 g/mol. The van der Waals surface area contributed by atoms with Crippen LogP contribution in [0, 0.1) is 0 Å². The molecule has 0 saturated carbocycles. The number of rotatable bonds is 4. The molecule has 2 aliphatic rings. The van der Waals surface area contributed by atoms with Crippen molar-refractivity contribution in [2.75, 3.05) is 24.5 Å². The third-order valence-corrected chi connectivity index (χ3v) is 5.56. The minimum absolute atomic E-state index is 0.0595. The largest absolute Gasteiger partial charge is 0.427 e. The van der Waals surface area contributed by atoms with Crippen molar-refractivity contribution in [2.24, 2.45) is 0 Å². The number of ether oxygens (including phenoxy) is 1. The van der Waals surface area contributed by atoms with Crippen LogP contribution in [-0.4, -0.2) is 59.3 Å². The minimum Gasteiger partial charge on any atom is -0.427 e. The SMILES string of the molecule is CC(=O)Oc1ccc(C(=O)N2CCC(N3CC(=O)N(c4ccccc4)C3=O)CC2)cc1. The molecule has 0 N–H and O–H groups in total. The number of anilines is 1. The summed E-state index contributed by atoms with van der Waals surface area (Å²) in [6.45, 7) is 2.38. The third-order valence-electron chi connectivity index (χ3n) is 5.56.